The van der Waals surface area contributed by atoms with Crippen LogP contribution in [0, 0.1) is 0 Å². The van der Waals surface area contributed by atoms with Crippen molar-refractivity contribution in [3.8, 4) is 0 Å². The van der Waals surface area contributed by atoms with Gasteiger partial charge < -0.3 is 14.7 Å². The summed E-state index contributed by atoms with van der Waals surface area (Å²) < 4.78 is 0. The number of piperidine rings is 2. The second-order valence-corrected chi connectivity index (χ2v) is 11.2. The molecule has 0 aromatic heterocycles. The number of carbonyl (C=O) groups excluding carboxylic acids is 1. The van der Waals surface area contributed by atoms with E-state index in [1.54, 1.807) is 0 Å². The van der Waals surface area contributed by atoms with Crippen LogP contribution in [0.3, 0.4) is 0 Å². The second kappa shape index (κ2) is 9.23. The lowest BCUT2D eigenvalue weighted by atomic mass is 9.81. The quantitative estimate of drug-likeness (QED) is 0.737. The van der Waals surface area contributed by atoms with Crippen LogP contribution in [0.4, 0.5) is 11.4 Å². The number of hydrogen-bond acceptors (Lipinski definition) is 5. The van der Waals surface area contributed by atoms with Gasteiger partial charge in [-0.05, 0) is 82.1 Å². The third kappa shape index (κ3) is 4.15. The molecule has 6 heteroatoms. The molecule has 3 fully saturated rings. The summed E-state index contributed by atoms with van der Waals surface area (Å²) in [6, 6.07) is 18.5. The fourth-order valence-corrected chi connectivity index (χ4v) is 6.97. The third-order valence-electron chi connectivity index (χ3n) is 9.16. The summed E-state index contributed by atoms with van der Waals surface area (Å²) in [6.07, 6.45) is 5.05. The van der Waals surface area contributed by atoms with Crippen molar-refractivity contribution in [1.82, 2.24) is 15.1 Å². The number of nitrogens with one attached hydrogen (secondary N) is 1. The molecule has 2 aromatic carbocycles. The Labute approximate surface area is 209 Å². The van der Waals surface area contributed by atoms with Gasteiger partial charge in [-0.25, -0.2) is 0 Å². The van der Waals surface area contributed by atoms with Crippen molar-refractivity contribution >= 4 is 17.3 Å². The number of carbonyl (C=O) groups is 1. The van der Waals surface area contributed by atoms with Crippen LogP contribution in [0.5, 0.6) is 0 Å². The van der Waals surface area contributed by atoms with Gasteiger partial charge in [0.1, 0.15) is 0 Å². The molecule has 4 aliphatic rings. The number of fused-ring (bicyclic) bond motifs is 1. The predicted molar refractivity (Wildman–Crippen MR) is 142 cm³/mol. The van der Waals surface area contributed by atoms with Gasteiger partial charge in [-0.2, -0.15) is 0 Å². The molecule has 4 aliphatic heterocycles. The van der Waals surface area contributed by atoms with E-state index in [1.165, 1.54) is 29.7 Å². The van der Waals surface area contributed by atoms with Crippen LogP contribution in [0.1, 0.15) is 43.7 Å². The van der Waals surface area contributed by atoms with Crippen LogP contribution in [0.2, 0.25) is 0 Å². The number of para-hydroxylation sites is 1. The molecule has 2 aromatic rings. The first-order chi connectivity index (χ1) is 17.0. The molecule has 186 valence electrons. The normalized spacial score (nSPS) is 25.5. The minimum absolute atomic E-state index is 0.191. The van der Waals surface area contributed by atoms with Crippen molar-refractivity contribution in [1.29, 1.82) is 0 Å². The topological polar surface area (TPSA) is 42.1 Å². The predicted octanol–water partition coefficient (Wildman–Crippen LogP) is 3.46. The molecule has 0 aliphatic carbocycles. The van der Waals surface area contributed by atoms with E-state index in [4.69, 9.17) is 0 Å². The fraction of sp³-hybridized carbons (Fsp3) is 0.552. The van der Waals surface area contributed by atoms with E-state index in [2.05, 4.69) is 87.4 Å². The number of anilines is 2. The summed E-state index contributed by atoms with van der Waals surface area (Å²) in [5, 5.41) is 3.73. The SMILES string of the molecule is CC1NCN(c2ccccc2)C12CCN(Cc1ccc3c(c1)CC(=O)N3C1CCN(C)CC1)CC2. The number of rotatable bonds is 4. The maximum atomic E-state index is 12.9. The molecule has 0 saturated carbocycles. The van der Waals surface area contributed by atoms with E-state index >= 15 is 0 Å². The van der Waals surface area contributed by atoms with Gasteiger partial charge in [0.2, 0.25) is 5.91 Å². The molecular weight excluding hydrogens is 434 g/mol. The first kappa shape index (κ1) is 23.0. The monoisotopic (exact) mass is 473 g/mol. The van der Waals surface area contributed by atoms with E-state index in [1.807, 2.05) is 0 Å². The summed E-state index contributed by atoms with van der Waals surface area (Å²) in [7, 11) is 2.17. The zero-order valence-corrected chi connectivity index (χ0v) is 21.2. The Balaban J connectivity index is 1.12. The van der Waals surface area contributed by atoms with Gasteiger partial charge in [0.25, 0.3) is 0 Å². The van der Waals surface area contributed by atoms with E-state index in [-0.39, 0.29) is 11.4 Å². The molecule has 1 unspecified atom stereocenters. The van der Waals surface area contributed by atoms with E-state index < -0.39 is 0 Å². The lowest BCUT2D eigenvalue weighted by Crippen LogP contribution is -2.57. The van der Waals surface area contributed by atoms with Crippen molar-refractivity contribution < 1.29 is 4.79 Å². The third-order valence-corrected chi connectivity index (χ3v) is 9.16. The van der Waals surface area contributed by atoms with Crippen LogP contribution < -0.4 is 15.1 Å². The highest BCUT2D eigenvalue weighted by Gasteiger charge is 2.48. The molecular formula is C29H39N5O. The highest BCUT2D eigenvalue weighted by atomic mass is 16.2. The lowest BCUT2D eigenvalue weighted by molar-refractivity contribution is -0.118. The van der Waals surface area contributed by atoms with E-state index in [9.17, 15) is 4.79 Å². The van der Waals surface area contributed by atoms with Crippen molar-refractivity contribution in [3.63, 3.8) is 0 Å². The van der Waals surface area contributed by atoms with Crippen LogP contribution in [0.25, 0.3) is 0 Å². The highest BCUT2D eigenvalue weighted by molar-refractivity contribution is 6.02. The summed E-state index contributed by atoms with van der Waals surface area (Å²) in [6.45, 7) is 8.62. The van der Waals surface area contributed by atoms with E-state index in [0.717, 1.165) is 57.9 Å². The minimum Gasteiger partial charge on any atom is -0.351 e. The molecule has 6 rings (SSSR count). The summed E-state index contributed by atoms with van der Waals surface area (Å²) in [4.78, 5) is 22.6. The molecule has 1 amide bonds. The molecule has 0 radical (unpaired) electrons. The average molecular weight is 474 g/mol. The number of likely N-dealkylation sites (tertiary alicyclic amines) is 2. The Hall–Kier alpha value is -2.41. The smallest absolute Gasteiger partial charge is 0.231 e. The molecule has 3 saturated heterocycles. The Morgan fingerprint density at radius 2 is 1.74 bits per heavy atom. The first-order valence-electron chi connectivity index (χ1n) is 13.4. The van der Waals surface area contributed by atoms with E-state index in [0.29, 0.717) is 18.5 Å². The van der Waals surface area contributed by atoms with Crippen LogP contribution in [-0.4, -0.2) is 73.2 Å². The number of hydrogen-bond donors (Lipinski definition) is 1. The van der Waals surface area contributed by atoms with Crippen molar-refractivity contribution in [3.05, 3.63) is 59.7 Å². The zero-order chi connectivity index (χ0) is 24.0. The van der Waals surface area contributed by atoms with Gasteiger partial charge in [0.15, 0.2) is 0 Å². The summed E-state index contributed by atoms with van der Waals surface area (Å²) in [5.74, 6) is 0.287. The minimum atomic E-state index is 0.191. The molecule has 1 atom stereocenters. The zero-order valence-electron chi connectivity index (χ0n) is 21.2. The second-order valence-electron chi connectivity index (χ2n) is 11.2. The van der Waals surface area contributed by atoms with Gasteiger partial charge in [-0.15, -0.1) is 0 Å². The first-order valence-corrected chi connectivity index (χ1v) is 13.4. The largest absolute Gasteiger partial charge is 0.351 e. The van der Waals surface area contributed by atoms with Gasteiger partial charge in [-0.3, -0.25) is 15.0 Å². The molecule has 0 bridgehead atoms. The Morgan fingerprint density at radius 3 is 2.49 bits per heavy atom. The van der Waals surface area contributed by atoms with Crippen LogP contribution in [0.15, 0.2) is 48.5 Å². The van der Waals surface area contributed by atoms with Crippen molar-refractivity contribution in [2.75, 3.05) is 49.7 Å². The molecule has 35 heavy (non-hydrogen) atoms. The van der Waals surface area contributed by atoms with Crippen molar-refractivity contribution in [2.24, 2.45) is 0 Å². The fourth-order valence-electron chi connectivity index (χ4n) is 6.97. The van der Waals surface area contributed by atoms with Gasteiger partial charge in [0, 0.05) is 43.1 Å². The molecule has 1 spiro atoms. The van der Waals surface area contributed by atoms with Crippen molar-refractivity contribution in [2.45, 2.75) is 63.2 Å². The molecule has 1 N–H and O–H groups in total. The average Bonchev–Trinajstić information content (AvgIpc) is 3.37. The molecule has 4 heterocycles. The van der Waals surface area contributed by atoms with Crippen LogP contribution in [-0.2, 0) is 17.8 Å². The van der Waals surface area contributed by atoms with Gasteiger partial charge >= 0.3 is 0 Å². The number of amides is 1. The Bertz CT molecular complexity index is 1060. The van der Waals surface area contributed by atoms with Gasteiger partial charge in [0.05, 0.1) is 18.6 Å². The summed E-state index contributed by atoms with van der Waals surface area (Å²) >= 11 is 0. The lowest BCUT2D eigenvalue weighted by Gasteiger charge is -2.47. The maximum Gasteiger partial charge on any atom is 0.231 e. The standard InChI is InChI=1S/C29H39N5O/c1-22-29(33(21-30-22)25-6-4-3-5-7-25)12-16-32(17-13-29)20-23-8-9-27-24(18-23)19-28(35)34(27)26-10-14-31(2)15-11-26/h3-9,18,22,26,30H,10-17,19-21H2,1-2H3. The molecule has 6 nitrogen and oxygen atoms in total. The number of benzene rings is 2. The number of nitrogens with zero attached hydrogens (tertiary/aromatic N) is 4. The van der Waals surface area contributed by atoms with Gasteiger partial charge in [-0.1, -0.05) is 30.3 Å². The Kier molecular flexibility index (Phi) is 6.07. The Morgan fingerprint density at radius 1 is 1.00 bits per heavy atom. The highest BCUT2D eigenvalue weighted by Crippen LogP contribution is 2.39. The van der Waals surface area contributed by atoms with Crippen LogP contribution >= 0.6 is 0 Å². The summed E-state index contributed by atoms with van der Waals surface area (Å²) in [5.41, 5.74) is 5.25. The maximum absolute atomic E-state index is 12.9.